The zero-order chi connectivity index (χ0) is 20.1. The van der Waals surface area contributed by atoms with Crippen LogP contribution in [-0.4, -0.2) is 24.1 Å². The van der Waals surface area contributed by atoms with E-state index in [1.54, 1.807) is 19.2 Å². The van der Waals surface area contributed by atoms with E-state index in [1.807, 2.05) is 12.1 Å². The Balaban J connectivity index is 1.55. The number of alkyl halides is 3. The Morgan fingerprint density at radius 1 is 1.21 bits per heavy atom. The van der Waals surface area contributed by atoms with Gasteiger partial charge in [-0.2, -0.15) is 13.2 Å². The summed E-state index contributed by atoms with van der Waals surface area (Å²) >= 11 is 0. The minimum atomic E-state index is -4.41. The molecule has 0 aliphatic carbocycles. The molecule has 8 heteroatoms. The van der Waals surface area contributed by atoms with Gasteiger partial charge < -0.3 is 15.5 Å². The van der Waals surface area contributed by atoms with Gasteiger partial charge in [0.15, 0.2) is 0 Å². The standard InChI is InChI=1S/C20H23F3N4O/c1-14(16-5-4-6-17(12-16)20(21,22)23)26-19(28)25-13-15-7-8-24-18(11-15)27-9-2-3-10-27/h4-8,11-12,14H,2-3,9-10,13H2,1H3,(H2,25,26,28). The van der Waals surface area contributed by atoms with Gasteiger partial charge in [0.05, 0.1) is 11.6 Å². The van der Waals surface area contributed by atoms with E-state index >= 15 is 0 Å². The molecule has 1 aromatic heterocycles. The fourth-order valence-electron chi connectivity index (χ4n) is 3.19. The number of benzene rings is 1. The average Bonchev–Trinajstić information content (AvgIpc) is 3.21. The predicted octanol–water partition coefficient (Wildman–Crippen LogP) is 4.26. The molecule has 2 aromatic rings. The maximum atomic E-state index is 12.8. The molecule has 1 aromatic carbocycles. The molecule has 1 aliphatic rings. The first-order valence-electron chi connectivity index (χ1n) is 9.24. The topological polar surface area (TPSA) is 57.3 Å². The van der Waals surface area contributed by atoms with Crippen LogP contribution in [0.15, 0.2) is 42.6 Å². The minimum Gasteiger partial charge on any atom is -0.357 e. The first-order chi connectivity index (χ1) is 13.3. The van der Waals surface area contributed by atoms with Gasteiger partial charge in [-0.05, 0) is 55.2 Å². The van der Waals surface area contributed by atoms with Crippen LogP contribution in [0, 0.1) is 0 Å². The Hall–Kier alpha value is -2.77. The highest BCUT2D eigenvalue weighted by molar-refractivity contribution is 5.74. The molecule has 3 rings (SSSR count). The highest BCUT2D eigenvalue weighted by atomic mass is 19.4. The van der Waals surface area contributed by atoms with Gasteiger partial charge in [0, 0.05) is 25.8 Å². The van der Waals surface area contributed by atoms with Crippen LogP contribution in [0.25, 0.3) is 0 Å². The molecule has 1 unspecified atom stereocenters. The quantitative estimate of drug-likeness (QED) is 0.799. The molecule has 0 spiro atoms. The third kappa shape index (κ3) is 5.15. The summed E-state index contributed by atoms with van der Waals surface area (Å²) in [5, 5.41) is 5.42. The number of carbonyl (C=O) groups is 1. The zero-order valence-corrected chi connectivity index (χ0v) is 15.6. The molecule has 2 N–H and O–H groups in total. The summed E-state index contributed by atoms with van der Waals surface area (Å²) in [4.78, 5) is 18.7. The van der Waals surface area contributed by atoms with E-state index in [1.165, 1.54) is 6.07 Å². The number of nitrogens with one attached hydrogen (secondary N) is 2. The van der Waals surface area contributed by atoms with Gasteiger partial charge >= 0.3 is 12.2 Å². The van der Waals surface area contributed by atoms with Crippen molar-refractivity contribution in [2.24, 2.45) is 0 Å². The SMILES string of the molecule is CC(NC(=O)NCc1ccnc(N2CCCC2)c1)c1cccc(C(F)(F)F)c1. The maximum Gasteiger partial charge on any atom is 0.416 e. The van der Waals surface area contributed by atoms with Gasteiger partial charge in [-0.25, -0.2) is 9.78 Å². The molecule has 1 saturated heterocycles. The number of aromatic nitrogens is 1. The normalized spacial score (nSPS) is 15.4. The maximum absolute atomic E-state index is 12.8. The molecule has 150 valence electrons. The highest BCUT2D eigenvalue weighted by Crippen LogP contribution is 2.30. The van der Waals surface area contributed by atoms with Crippen LogP contribution in [0.2, 0.25) is 0 Å². The summed E-state index contributed by atoms with van der Waals surface area (Å²) in [6, 6.07) is 7.74. The Morgan fingerprint density at radius 2 is 1.96 bits per heavy atom. The smallest absolute Gasteiger partial charge is 0.357 e. The van der Waals surface area contributed by atoms with Crippen molar-refractivity contribution in [3.8, 4) is 0 Å². The van der Waals surface area contributed by atoms with E-state index in [9.17, 15) is 18.0 Å². The van der Waals surface area contributed by atoms with Crippen molar-refractivity contribution < 1.29 is 18.0 Å². The molecule has 1 aliphatic heterocycles. The summed E-state index contributed by atoms with van der Waals surface area (Å²) in [5.74, 6) is 0.898. The Labute approximate surface area is 162 Å². The second kappa shape index (κ2) is 8.50. The van der Waals surface area contributed by atoms with Crippen LogP contribution in [-0.2, 0) is 12.7 Å². The first kappa shape index (κ1) is 20.0. The fraction of sp³-hybridized carbons (Fsp3) is 0.400. The van der Waals surface area contributed by atoms with Crippen molar-refractivity contribution >= 4 is 11.8 Å². The van der Waals surface area contributed by atoms with E-state index in [4.69, 9.17) is 0 Å². The predicted molar refractivity (Wildman–Crippen MR) is 101 cm³/mol. The van der Waals surface area contributed by atoms with Crippen LogP contribution in [0.4, 0.5) is 23.8 Å². The lowest BCUT2D eigenvalue weighted by molar-refractivity contribution is -0.137. The van der Waals surface area contributed by atoms with E-state index in [0.717, 1.165) is 49.4 Å². The van der Waals surface area contributed by atoms with Gasteiger partial charge in [0.25, 0.3) is 0 Å². The molecule has 0 bridgehead atoms. The average molecular weight is 392 g/mol. The lowest BCUT2D eigenvalue weighted by Crippen LogP contribution is -2.36. The largest absolute Gasteiger partial charge is 0.416 e. The number of hydrogen-bond acceptors (Lipinski definition) is 3. The summed E-state index contributed by atoms with van der Waals surface area (Å²) in [6.45, 7) is 3.93. The van der Waals surface area contributed by atoms with Crippen LogP contribution in [0.5, 0.6) is 0 Å². The molecule has 5 nitrogen and oxygen atoms in total. The number of rotatable bonds is 5. The highest BCUT2D eigenvalue weighted by Gasteiger charge is 2.30. The number of pyridine rings is 1. The zero-order valence-electron chi connectivity index (χ0n) is 15.6. The monoisotopic (exact) mass is 392 g/mol. The Morgan fingerprint density at radius 3 is 2.68 bits per heavy atom. The second-order valence-electron chi connectivity index (χ2n) is 6.89. The number of urea groups is 1. The number of nitrogens with zero attached hydrogens (tertiary/aromatic N) is 2. The van der Waals surface area contributed by atoms with Crippen molar-refractivity contribution in [3.63, 3.8) is 0 Å². The van der Waals surface area contributed by atoms with Crippen LogP contribution < -0.4 is 15.5 Å². The lowest BCUT2D eigenvalue weighted by Gasteiger charge is -2.18. The van der Waals surface area contributed by atoms with Gasteiger partial charge in [-0.1, -0.05) is 12.1 Å². The Kier molecular flexibility index (Phi) is 6.06. The molecule has 1 atom stereocenters. The van der Waals surface area contributed by atoms with E-state index in [2.05, 4.69) is 20.5 Å². The molecule has 28 heavy (non-hydrogen) atoms. The van der Waals surface area contributed by atoms with Gasteiger partial charge in [-0.15, -0.1) is 0 Å². The third-order valence-corrected chi connectivity index (χ3v) is 4.75. The number of amides is 2. The number of halogens is 3. The first-order valence-corrected chi connectivity index (χ1v) is 9.24. The van der Waals surface area contributed by atoms with Gasteiger partial charge in [0.1, 0.15) is 5.82 Å². The summed E-state index contributed by atoms with van der Waals surface area (Å²) in [6.07, 6.45) is -0.389. The molecule has 1 fully saturated rings. The number of hydrogen-bond donors (Lipinski definition) is 2. The summed E-state index contributed by atoms with van der Waals surface area (Å²) in [7, 11) is 0. The summed E-state index contributed by atoms with van der Waals surface area (Å²) < 4.78 is 38.5. The van der Waals surface area contributed by atoms with Gasteiger partial charge in [0.2, 0.25) is 0 Å². The van der Waals surface area contributed by atoms with Crippen LogP contribution in [0.1, 0.15) is 42.5 Å². The number of anilines is 1. The van der Waals surface area contributed by atoms with Crippen molar-refractivity contribution in [1.82, 2.24) is 15.6 Å². The van der Waals surface area contributed by atoms with Crippen molar-refractivity contribution in [2.45, 2.75) is 38.5 Å². The minimum absolute atomic E-state index is 0.310. The third-order valence-electron chi connectivity index (χ3n) is 4.75. The second-order valence-corrected chi connectivity index (χ2v) is 6.89. The fourth-order valence-corrected chi connectivity index (χ4v) is 3.19. The molecule has 2 heterocycles. The number of carbonyl (C=O) groups excluding carboxylic acids is 1. The van der Waals surface area contributed by atoms with E-state index in [-0.39, 0.29) is 0 Å². The molecule has 0 saturated carbocycles. The Bertz CT molecular complexity index is 819. The van der Waals surface area contributed by atoms with Crippen molar-refractivity contribution in [3.05, 3.63) is 59.3 Å². The molecule has 0 radical (unpaired) electrons. The van der Waals surface area contributed by atoms with Crippen LogP contribution in [0.3, 0.4) is 0 Å². The van der Waals surface area contributed by atoms with Gasteiger partial charge in [-0.3, -0.25) is 0 Å². The van der Waals surface area contributed by atoms with E-state index in [0.29, 0.717) is 12.1 Å². The van der Waals surface area contributed by atoms with Crippen LogP contribution >= 0.6 is 0 Å². The lowest BCUT2D eigenvalue weighted by atomic mass is 10.1. The molecule has 2 amide bonds. The molecular formula is C20H23F3N4O. The summed E-state index contributed by atoms with van der Waals surface area (Å²) in [5.41, 5.74) is 0.578. The van der Waals surface area contributed by atoms with Crippen molar-refractivity contribution in [2.75, 3.05) is 18.0 Å². The van der Waals surface area contributed by atoms with E-state index < -0.39 is 23.8 Å². The molecular weight excluding hydrogens is 369 g/mol. The van der Waals surface area contributed by atoms with Crippen molar-refractivity contribution in [1.29, 1.82) is 0 Å².